The van der Waals surface area contributed by atoms with Crippen molar-refractivity contribution in [2.75, 3.05) is 13.2 Å². The lowest BCUT2D eigenvalue weighted by Crippen LogP contribution is -2.55. The first-order chi connectivity index (χ1) is 11.9. The van der Waals surface area contributed by atoms with Gasteiger partial charge in [-0.15, -0.1) is 0 Å². The molecule has 0 saturated carbocycles. The van der Waals surface area contributed by atoms with E-state index in [1.54, 1.807) is 11.1 Å². The summed E-state index contributed by atoms with van der Waals surface area (Å²) in [5.74, 6) is 0.773. The van der Waals surface area contributed by atoms with E-state index in [2.05, 4.69) is 11.9 Å². The third-order valence-electron chi connectivity index (χ3n) is 3.80. The Morgan fingerprint density at radius 2 is 2.04 bits per heavy atom. The van der Waals surface area contributed by atoms with Crippen LogP contribution in [0.4, 0.5) is 4.79 Å². The highest BCUT2D eigenvalue weighted by molar-refractivity contribution is 5.69. The van der Waals surface area contributed by atoms with Crippen molar-refractivity contribution in [2.24, 2.45) is 0 Å². The van der Waals surface area contributed by atoms with Gasteiger partial charge in [0.2, 0.25) is 0 Å². The molecule has 0 spiro atoms. The molecular formula is C20H34N2O3. The lowest BCUT2D eigenvalue weighted by atomic mass is 10.1. The zero-order valence-electron chi connectivity index (χ0n) is 16.7. The highest BCUT2D eigenvalue weighted by Crippen LogP contribution is 2.22. The standard InChI is InChI=1S/C18H28N2O3.C2H6/c1-5-6-7-14-10-16(12-19-11-14)22-13-15-8-9-20(15)17(21)23-18(2,3)4;1-2/h10-12,15H,5-9,13H2,1-4H3;1-2H3. The van der Waals surface area contributed by atoms with Gasteiger partial charge in [0.25, 0.3) is 0 Å². The van der Waals surface area contributed by atoms with Gasteiger partial charge < -0.3 is 14.4 Å². The predicted molar refractivity (Wildman–Crippen MR) is 101 cm³/mol. The van der Waals surface area contributed by atoms with Crippen molar-refractivity contribution in [3.05, 3.63) is 24.0 Å². The second-order valence-electron chi connectivity index (χ2n) is 7.06. The first-order valence-electron chi connectivity index (χ1n) is 9.45. The van der Waals surface area contributed by atoms with Gasteiger partial charge in [0, 0.05) is 12.7 Å². The molecule has 1 atom stereocenters. The Kier molecular flexibility index (Phi) is 8.73. The minimum atomic E-state index is -0.463. The van der Waals surface area contributed by atoms with Crippen LogP contribution in [0.5, 0.6) is 5.75 Å². The fourth-order valence-corrected chi connectivity index (χ4v) is 2.43. The summed E-state index contributed by atoms with van der Waals surface area (Å²) in [6, 6.07) is 2.13. The maximum atomic E-state index is 12.1. The van der Waals surface area contributed by atoms with Crippen LogP contribution in [0.25, 0.3) is 0 Å². The summed E-state index contributed by atoms with van der Waals surface area (Å²) < 4.78 is 11.2. The molecule has 2 rings (SSSR count). The van der Waals surface area contributed by atoms with Crippen LogP contribution >= 0.6 is 0 Å². The Balaban J connectivity index is 0.00000151. The van der Waals surface area contributed by atoms with Gasteiger partial charge in [-0.3, -0.25) is 4.98 Å². The van der Waals surface area contributed by atoms with Crippen LogP contribution in [-0.2, 0) is 11.2 Å². The second-order valence-corrected chi connectivity index (χ2v) is 7.06. The number of likely N-dealkylation sites (tertiary alicyclic amines) is 1. The van der Waals surface area contributed by atoms with Gasteiger partial charge in [0.05, 0.1) is 12.2 Å². The number of unbranched alkanes of at least 4 members (excludes halogenated alkanes) is 1. The molecule has 0 bridgehead atoms. The van der Waals surface area contributed by atoms with Gasteiger partial charge in [-0.2, -0.15) is 0 Å². The topological polar surface area (TPSA) is 51.7 Å². The van der Waals surface area contributed by atoms with Crippen LogP contribution in [0.3, 0.4) is 0 Å². The molecule has 5 nitrogen and oxygen atoms in total. The summed E-state index contributed by atoms with van der Waals surface area (Å²) in [6.07, 6.45) is 7.64. The Labute approximate surface area is 152 Å². The van der Waals surface area contributed by atoms with Crippen LogP contribution in [0.15, 0.2) is 18.5 Å². The molecule has 142 valence electrons. The van der Waals surface area contributed by atoms with E-state index in [4.69, 9.17) is 9.47 Å². The number of carbonyl (C=O) groups is 1. The van der Waals surface area contributed by atoms with E-state index < -0.39 is 5.60 Å². The maximum Gasteiger partial charge on any atom is 0.410 e. The molecular weight excluding hydrogens is 316 g/mol. The maximum absolute atomic E-state index is 12.1. The quantitative estimate of drug-likeness (QED) is 0.737. The van der Waals surface area contributed by atoms with Crippen molar-refractivity contribution in [1.29, 1.82) is 0 Å². The van der Waals surface area contributed by atoms with Crippen LogP contribution in [0, 0.1) is 0 Å². The lowest BCUT2D eigenvalue weighted by molar-refractivity contribution is -0.0141. The van der Waals surface area contributed by atoms with E-state index in [0.29, 0.717) is 6.61 Å². The largest absolute Gasteiger partial charge is 0.490 e. The third-order valence-corrected chi connectivity index (χ3v) is 3.80. The molecule has 1 aliphatic rings. The van der Waals surface area contributed by atoms with Gasteiger partial charge >= 0.3 is 6.09 Å². The molecule has 5 heteroatoms. The van der Waals surface area contributed by atoms with Crippen molar-refractivity contribution in [1.82, 2.24) is 9.88 Å². The number of rotatable bonds is 6. The molecule has 2 heterocycles. The zero-order valence-corrected chi connectivity index (χ0v) is 16.7. The van der Waals surface area contributed by atoms with E-state index in [-0.39, 0.29) is 12.1 Å². The number of aryl methyl sites for hydroxylation is 1. The van der Waals surface area contributed by atoms with Crippen molar-refractivity contribution in [3.63, 3.8) is 0 Å². The first-order valence-corrected chi connectivity index (χ1v) is 9.45. The molecule has 0 aliphatic carbocycles. The van der Waals surface area contributed by atoms with Gasteiger partial charge in [-0.25, -0.2) is 4.79 Å². The summed E-state index contributed by atoms with van der Waals surface area (Å²) in [5, 5.41) is 0. The van der Waals surface area contributed by atoms with Crippen LogP contribution in [-0.4, -0.2) is 40.8 Å². The normalized spacial score (nSPS) is 16.4. The molecule has 0 N–H and O–H groups in total. The van der Waals surface area contributed by atoms with Gasteiger partial charge in [-0.1, -0.05) is 27.2 Å². The lowest BCUT2D eigenvalue weighted by Gasteiger charge is -2.40. The number of hydrogen-bond donors (Lipinski definition) is 0. The number of hydrogen-bond acceptors (Lipinski definition) is 4. The van der Waals surface area contributed by atoms with Crippen molar-refractivity contribution in [3.8, 4) is 5.75 Å². The molecule has 1 amide bonds. The van der Waals surface area contributed by atoms with Gasteiger partial charge in [-0.05, 0) is 51.7 Å². The molecule has 1 unspecified atom stereocenters. The number of pyridine rings is 1. The summed E-state index contributed by atoms with van der Waals surface area (Å²) in [7, 11) is 0. The molecule has 1 aromatic heterocycles. The van der Waals surface area contributed by atoms with Crippen molar-refractivity contribution >= 4 is 6.09 Å². The summed E-state index contributed by atoms with van der Waals surface area (Å²) >= 11 is 0. The van der Waals surface area contributed by atoms with E-state index >= 15 is 0 Å². The first kappa shape index (κ1) is 21.3. The van der Waals surface area contributed by atoms with Gasteiger partial charge in [0.15, 0.2) is 0 Å². The molecule has 1 aromatic rings. The number of aromatic nitrogens is 1. The van der Waals surface area contributed by atoms with Gasteiger partial charge in [0.1, 0.15) is 18.0 Å². The minimum absolute atomic E-state index is 0.0872. The molecule has 25 heavy (non-hydrogen) atoms. The third kappa shape index (κ3) is 7.32. The summed E-state index contributed by atoms with van der Waals surface area (Å²) in [5.41, 5.74) is 0.734. The smallest absolute Gasteiger partial charge is 0.410 e. The van der Waals surface area contributed by atoms with Crippen LogP contribution in [0.2, 0.25) is 0 Å². The molecule has 1 aliphatic heterocycles. The zero-order chi connectivity index (χ0) is 18.9. The summed E-state index contributed by atoms with van der Waals surface area (Å²) in [4.78, 5) is 18.0. The van der Waals surface area contributed by atoms with E-state index in [0.717, 1.165) is 38.0 Å². The highest BCUT2D eigenvalue weighted by Gasteiger charge is 2.35. The monoisotopic (exact) mass is 350 g/mol. The molecule has 1 saturated heterocycles. The predicted octanol–water partition coefficient (Wildman–Crippen LogP) is 4.84. The summed E-state index contributed by atoms with van der Waals surface area (Å²) in [6.45, 7) is 13.0. The molecule has 0 aromatic carbocycles. The molecule has 1 fully saturated rings. The Morgan fingerprint density at radius 1 is 1.32 bits per heavy atom. The van der Waals surface area contributed by atoms with Crippen molar-refractivity contribution in [2.45, 2.75) is 78.9 Å². The number of amides is 1. The minimum Gasteiger partial charge on any atom is -0.490 e. The van der Waals surface area contributed by atoms with E-state index in [9.17, 15) is 4.79 Å². The van der Waals surface area contributed by atoms with E-state index in [1.807, 2.05) is 46.9 Å². The fourth-order valence-electron chi connectivity index (χ4n) is 2.43. The Bertz CT molecular complexity index is 526. The number of nitrogens with zero attached hydrogens (tertiary/aromatic N) is 2. The molecule has 0 radical (unpaired) electrons. The van der Waals surface area contributed by atoms with Crippen molar-refractivity contribution < 1.29 is 14.3 Å². The Hall–Kier alpha value is -1.78. The average Bonchev–Trinajstić information content (AvgIpc) is 2.52. The number of ether oxygens (including phenoxy) is 2. The average molecular weight is 351 g/mol. The van der Waals surface area contributed by atoms with Crippen LogP contribution in [0.1, 0.15) is 66.4 Å². The highest BCUT2D eigenvalue weighted by atomic mass is 16.6. The Morgan fingerprint density at radius 3 is 2.60 bits per heavy atom. The fraction of sp³-hybridized carbons (Fsp3) is 0.700. The van der Waals surface area contributed by atoms with E-state index in [1.165, 1.54) is 5.56 Å². The van der Waals surface area contributed by atoms with Crippen LogP contribution < -0.4 is 4.74 Å². The second kappa shape index (κ2) is 10.3. The number of carbonyl (C=O) groups excluding carboxylic acids is 1. The SMILES string of the molecule is CC.CCCCc1cncc(OCC2CCN2C(=O)OC(C)(C)C)c1.